The van der Waals surface area contributed by atoms with Crippen molar-refractivity contribution in [3.63, 3.8) is 0 Å². The normalized spacial score (nSPS) is 19.5. The number of aromatic nitrogens is 3. The maximum atomic E-state index is 11.8. The molecule has 200 valence electrons. The molecule has 1 aliphatic carbocycles. The Kier molecular flexibility index (Phi) is 22.4. The predicted octanol–water partition coefficient (Wildman–Crippen LogP) is 6.71. The molecule has 7 nitrogen and oxygen atoms in total. The van der Waals surface area contributed by atoms with Crippen molar-refractivity contribution in [3.05, 3.63) is 33.3 Å². The number of aromatic amines is 2. The highest BCUT2D eigenvalue weighted by molar-refractivity contribution is 8.00. The summed E-state index contributed by atoms with van der Waals surface area (Å²) in [7, 11) is 1.19. The highest BCUT2D eigenvalue weighted by Crippen LogP contribution is 2.49. The number of likely N-dealkylation sites (tertiary alicyclic amines) is 1. The summed E-state index contributed by atoms with van der Waals surface area (Å²) in [5.74, 6) is 3.12. The van der Waals surface area contributed by atoms with E-state index < -0.39 is 0 Å². The molecule has 2 unspecified atom stereocenters. The van der Waals surface area contributed by atoms with Crippen LogP contribution in [0.5, 0.6) is 0 Å². The van der Waals surface area contributed by atoms with Crippen LogP contribution in [-0.2, 0) is 6.54 Å². The van der Waals surface area contributed by atoms with Crippen LogP contribution in [0.25, 0.3) is 11.0 Å². The van der Waals surface area contributed by atoms with Gasteiger partial charge < -0.3 is 9.97 Å². The number of nitrogens with zero attached hydrogens (tertiary/aromatic N) is 3. The van der Waals surface area contributed by atoms with Crippen molar-refractivity contribution < 1.29 is 0 Å². The molecule has 8 heteroatoms. The minimum atomic E-state index is -0.0886. The SMILES string of the molecule is C#C.CC.CC.CCC.CCCSC1C[C@H]1C1CCN(Cc2c[nH]c3c(=O)[nH]cnc23)C1.CN=O. The lowest BCUT2D eigenvalue weighted by atomic mass is 10.0. The van der Waals surface area contributed by atoms with Crippen molar-refractivity contribution in [1.82, 2.24) is 19.9 Å². The van der Waals surface area contributed by atoms with Crippen molar-refractivity contribution in [2.75, 3.05) is 25.9 Å². The molecule has 2 N–H and O–H groups in total. The Bertz CT molecular complexity index is 849. The van der Waals surface area contributed by atoms with E-state index in [1.165, 1.54) is 57.9 Å². The minimum absolute atomic E-state index is 0.0886. The van der Waals surface area contributed by atoms with Gasteiger partial charge in [-0.2, -0.15) is 16.7 Å². The second kappa shape index (κ2) is 22.4. The third kappa shape index (κ3) is 12.4. The molecule has 2 fully saturated rings. The van der Waals surface area contributed by atoms with E-state index in [1.54, 1.807) is 0 Å². The monoisotopic (exact) mass is 507 g/mol. The molecule has 35 heavy (non-hydrogen) atoms. The number of nitrogens with one attached hydrogen (secondary N) is 2. The van der Waals surface area contributed by atoms with E-state index in [0.717, 1.165) is 34.7 Å². The Morgan fingerprint density at radius 3 is 2.34 bits per heavy atom. The number of fused-ring (bicyclic) bond motifs is 1. The van der Waals surface area contributed by atoms with Crippen LogP contribution < -0.4 is 5.56 Å². The second-order valence-corrected chi connectivity index (χ2v) is 9.10. The molecule has 0 aromatic carbocycles. The summed E-state index contributed by atoms with van der Waals surface area (Å²) in [6.45, 7) is 17.8. The molecule has 3 heterocycles. The van der Waals surface area contributed by atoms with Crippen LogP contribution in [0.15, 0.2) is 22.5 Å². The van der Waals surface area contributed by atoms with Crippen molar-refractivity contribution in [1.29, 1.82) is 0 Å². The van der Waals surface area contributed by atoms with E-state index in [0.29, 0.717) is 5.52 Å². The summed E-state index contributed by atoms with van der Waals surface area (Å²) in [5, 5.41) is 3.17. The van der Waals surface area contributed by atoms with Gasteiger partial charge in [0.05, 0.1) is 18.9 Å². The fraction of sp³-hybridized carbons (Fsp3) is 0.704. The Balaban J connectivity index is 0. The molecule has 3 atom stereocenters. The zero-order chi connectivity index (χ0) is 27.2. The number of terminal acetylenes is 1. The summed E-state index contributed by atoms with van der Waals surface area (Å²) in [4.78, 5) is 32.9. The molecular formula is C27H49N5O2S. The topological polar surface area (TPSA) is 94.2 Å². The van der Waals surface area contributed by atoms with Crippen LogP contribution in [0.2, 0.25) is 0 Å². The molecule has 2 aromatic heterocycles. The van der Waals surface area contributed by atoms with Gasteiger partial charge in [-0.05, 0) is 43.4 Å². The van der Waals surface area contributed by atoms with Gasteiger partial charge in [0, 0.05) is 30.1 Å². The third-order valence-electron chi connectivity index (χ3n) is 5.17. The van der Waals surface area contributed by atoms with E-state index in [-0.39, 0.29) is 5.56 Å². The van der Waals surface area contributed by atoms with Crippen molar-refractivity contribution in [3.8, 4) is 12.8 Å². The van der Waals surface area contributed by atoms with Gasteiger partial charge >= 0.3 is 0 Å². The number of nitroso groups, excluding NO2 is 1. The molecule has 0 radical (unpaired) electrons. The largest absolute Gasteiger partial charge is 0.355 e. The van der Waals surface area contributed by atoms with E-state index in [2.05, 4.69) is 70.4 Å². The Hall–Kier alpha value is -2.11. The average molecular weight is 508 g/mol. The first-order valence-electron chi connectivity index (χ1n) is 13.0. The van der Waals surface area contributed by atoms with Crippen molar-refractivity contribution in [2.24, 2.45) is 17.0 Å². The molecule has 1 saturated heterocycles. The fourth-order valence-corrected chi connectivity index (χ4v) is 5.23. The Morgan fingerprint density at radius 1 is 1.17 bits per heavy atom. The summed E-state index contributed by atoms with van der Waals surface area (Å²) >= 11 is 2.18. The van der Waals surface area contributed by atoms with Crippen molar-refractivity contribution in [2.45, 2.75) is 85.9 Å². The smallest absolute Gasteiger partial charge is 0.275 e. The molecule has 2 aliphatic rings. The number of H-pyrrole nitrogens is 2. The van der Waals surface area contributed by atoms with Gasteiger partial charge in [0.1, 0.15) is 5.52 Å². The van der Waals surface area contributed by atoms with E-state index in [9.17, 15) is 4.79 Å². The zero-order valence-corrected chi connectivity index (χ0v) is 24.1. The lowest BCUT2D eigenvalue weighted by Crippen LogP contribution is -2.21. The van der Waals surface area contributed by atoms with Gasteiger partial charge in [-0.25, -0.2) is 4.98 Å². The van der Waals surface area contributed by atoms with Gasteiger partial charge in [-0.15, -0.1) is 12.8 Å². The van der Waals surface area contributed by atoms with Gasteiger partial charge in [-0.3, -0.25) is 9.69 Å². The molecule has 0 spiro atoms. The van der Waals surface area contributed by atoms with Gasteiger partial charge in [0.15, 0.2) is 0 Å². The van der Waals surface area contributed by atoms with Crippen LogP contribution in [0.1, 0.15) is 79.7 Å². The molecule has 1 aliphatic heterocycles. The van der Waals surface area contributed by atoms with Crippen LogP contribution in [0.3, 0.4) is 0 Å². The number of rotatable bonds is 6. The first-order valence-corrected chi connectivity index (χ1v) is 14.1. The fourth-order valence-electron chi connectivity index (χ4n) is 3.87. The third-order valence-corrected chi connectivity index (χ3v) is 6.79. The first kappa shape index (κ1) is 35.1. The van der Waals surface area contributed by atoms with Gasteiger partial charge in [-0.1, -0.05) is 60.1 Å². The maximum Gasteiger partial charge on any atom is 0.275 e. The maximum absolute atomic E-state index is 11.8. The summed E-state index contributed by atoms with van der Waals surface area (Å²) < 4.78 is 0. The van der Waals surface area contributed by atoms with Gasteiger partial charge in [0.25, 0.3) is 5.56 Å². The molecular weight excluding hydrogens is 458 g/mol. The lowest BCUT2D eigenvalue weighted by molar-refractivity contribution is 0.311. The minimum Gasteiger partial charge on any atom is -0.355 e. The van der Waals surface area contributed by atoms with Gasteiger partial charge in [0.2, 0.25) is 0 Å². The Labute approximate surface area is 217 Å². The summed E-state index contributed by atoms with van der Waals surface area (Å²) in [5.41, 5.74) is 2.46. The molecule has 0 amide bonds. The second-order valence-electron chi connectivity index (χ2n) is 7.75. The highest BCUT2D eigenvalue weighted by atomic mass is 32.2. The highest BCUT2D eigenvalue weighted by Gasteiger charge is 2.45. The molecule has 0 bridgehead atoms. The van der Waals surface area contributed by atoms with E-state index >= 15 is 0 Å². The zero-order valence-electron chi connectivity index (χ0n) is 23.3. The van der Waals surface area contributed by atoms with Crippen LogP contribution in [0, 0.1) is 29.6 Å². The predicted molar refractivity (Wildman–Crippen MR) is 155 cm³/mol. The molecule has 2 aromatic rings. The lowest BCUT2D eigenvalue weighted by Gasteiger charge is -2.15. The van der Waals surface area contributed by atoms with E-state index in [4.69, 9.17) is 4.91 Å². The number of hydrogen-bond donors (Lipinski definition) is 2. The van der Waals surface area contributed by atoms with E-state index in [1.807, 2.05) is 33.9 Å². The standard InChI is InChI=1S/C17H24N4OS.C3H8.2C2H6.C2H2.CH3NO/c1-2-5-23-14-6-13(14)11-3-4-21(8-11)9-12-7-18-16-15(12)19-10-20-17(16)22;1-3-2;3*1-2;1-2-3/h7,10-11,13-14,18H,2-6,8-9H2,1H3,(H,19,20,22);3H2,1-2H3;2*1-2H3;1-2H;1H3/t11?,13-,14?;;;;;/m0...../s1. The van der Waals surface area contributed by atoms with Crippen molar-refractivity contribution >= 4 is 22.8 Å². The Morgan fingerprint density at radius 2 is 1.77 bits per heavy atom. The average Bonchev–Trinajstić information content (AvgIpc) is 3.31. The quantitative estimate of drug-likeness (QED) is 0.335. The molecule has 1 saturated carbocycles. The first-order chi connectivity index (χ1) is 17.1. The summed E-state index contributed by atoms with van der Waals surface area (Å²) in [6, 6.07) is 0. The van der Waals surface area contributed by atoms with Crippen LogP contribution in [-0.4, -0.2) is 51.0 Å². The summed E-state index contributed by atoms with van der Waals surface area (Å²) in [6.07, 6.45) is 16.7. The van der Waals surface area contributed by atoms with Crippen LogP contribution in [0.4, 0.5) is 0 Å². The number of hydrogen-bond acceptors (Lipinski definition) is 6. The molecule has 4 rings (SSSR count). The van der Waals surface area contributed by atoms with Crippen LogP contribution >= 0.6 is 11.8 Å². The number of thioether (sulfide) groups is 1.